The third-order valence-corrected chi connectivity index (χ3v) is 5.57. The number of benzene rings is 1. The smallest absolute Gasteiger partial charge is 0.323 e. The van der Waals surface area contributed by atoms with E-state index in [1.807, 2.05) is 6.92 Å². The van der Waals surface area contributed by atoms with Crippen LogP contribution in [-0.2, 0) is 11.3 Å². The number of carbonyl (C=O) groups is 2. The molecule has 1 aromatic carbocycles. The van der Waals surface area contributed by atoms with E-state index in [1.54, 1.807) is 18.2 Å². The Bertz CT molecular complexity index is 635. The molecule has 0 radical (unpaired) electrons. The Morgan fingerprint density at radius 1 is 1.27 bits per heavy atom. The summed E-state index contributed by atoms with van der Waals surface area (Å²) < 4.78 is 0. The Morgan fingerprint density at radius 2 is 2.05 bits per heavy atom. The lowest BCUT2D eigenvalue weighted by Crippen LogP contribution is -2.53. The van der Waals surface area contributed by atoms with E-state index in [0.29, 0.717) is 10.0 Å². The Morgan fingerprint density at radius 3 is 2.73 bits per heavy atom. The highest BCUT2D eigenvalue weighted by molar-refractivity contribution is 6.42. The number of hydrogen-bond donors (Lipinski definition) is 1. The molecular weight excluding hydrogens is 323 g/mol. The van der Waals surface area contributed by atoms with Crippen LogP contribution < -0.4 is 5.32 Å². The number of urea groups is 1. The Hall–Kier alpha value is -1.26. The molecule has 1 aromatic rings. The van der Waals surface area contributed by atoms with Crippen molar-refractivity contribution in [1.82, 2.24) is 10.2 Å². The number of nitrogens with zero attached hydrogens (tertiary/aromatic N) is 1. The average Bonchev–Trinajstić information content (AvgIpc) is 2.71. The summed E-state index contributed by atoms with van der Waals surface area (Å²) in [6, 6.07) is 4.84. The van der Waals surface area contributed by atoms with E-state index in [9.17, 15) is 9.59 Å². The second-order valence-corrected chi connectivity index (χ2v) is 7.00. The van der Waals surface area contributed by atoms with E-state index in [1.165, 1.54) is 4.90 Å². The molecule has 22 heavy (non-hydrogen) atoms. The van der Waals surface area contributed by atoms with Gasteiger partial charge in [0.05, 0.1) is 16.6 Å². The summed E-state index contributed by atoms with van der Waals surface area (Å²) in [4.78, 5) is 26.4. The van der Waals surface area contributed by atoms with E-state index in [-0.39, 0.29) is 24.4 Å². The van der Waals surface area contributed by atoms with Crippen LogP contribution >= 0.6 is 23.2 Å². The van der Waals surface area contributed by atoms with Gasteiger partial charge in [-0.2, -0.15) is 0 Å². The van der Waals surface area contributed by atoms with Crippen molar-refractivity contribution >= 4 is 35.1 Å². The van der Waals surface area contributed by atoms with Gasteiger partial charge in [0.2, 0.25) is 0 Å². The Labute approximate surface area is 139 Å². The zero-order valence-electron chi connectivity index (χ0n) is 12.4. The summed E-state index contributed by atoms with van der Waals surface area (Å²) in [5.74, 6) is 0.0484. The fourth-order valence-corrected chi connectivity index (χ4v) is 3.78. The van der Waals surface area contributed by atoms with Gasteiger partial charge in [0.25, 0.3) is 5.91 Å². The minimum atomic E-state index is -0.717. The molecule has 118 valence electrons. The van der Waals surface area contributed by atoms with Gasteiger partial charge in [-0.1, -0.05) is 49.0 Å². The molecule has 1 heterocycles. The molecule has 1 saturated heterocycles. The van der Waals surface area contributed by atoms with Crippen molar-refractivity contribution in [2.24, 2.45) is 5.92 Å². The molecular formula is C16H18Cl2N2O2. The highest BCUT2D eigenvalue weighted by Gasteiger charge is 2.54. The summed E-state index contributed by atoms with van der Waals surface area (Å²) in [6.45, 7) is 2.26. The van der Waals surface area contributed by atoms with Crippen molar-refractivity contribution in [2.75, 3.05) is 0 Å². The van der Waals surface area contributed by atoms with Gasteiger partial charge in [0.15, 0.2) is 0 Å². The van der Waals surface area contributed by atoms with Gasteiger partial charge in [-0.25, -0.2) is 4.79 Å². The molecule has 0 bridgehead atoms. The number of amides is 3. The van der Waals surface area contributed by atoms with Gasteiger partial charge in [-0.05, 0) is 36.5 Å². The lowest BCUT2D eigenvalue weighted by atomic mass is 9.73. The molecule has 0 aromatic heterocycles. The minimum absolute atomic E-state index is 0.115. The van der Waals surface area contributed by atoms with Gasteiger partial charge in [-0.3, -0.25) is 9.69 Å². The fraction of sp³-hybridized carbons (Fsp3) is 0.500. The van der Waals surface area contributed by atoms with Crippen molar-refractivity contribution in [2.45, 2.75) is 44.7 Å². The van der Waals surface area contributed by atoms with Gasteiger partial charge >= 0.3 is 6.03 Å². The molecule has 1 N–H and O–H groups in total. The summed E-state index contributed by atoms with van der Waals surface area (Å²) in [5, 5.41) is 3.82. The number of imide groups is 1. The standard InChI is InChI=1S/C16H18Cl2N2O2/c1-10-4-2-3-7-16(10)14(21)20(15(22)19-16)9-11-5-6-12(17)13(18)8-11/h5-6,8,10H,2-4,7,9H2,1H3,(H,19,22)/t10?,16-/m1/s1. The third-order valence-electron chi connectivity index (χ3n) is 4.83. The average molecular weight is 341 g/mol. The van der Waals surface area contributed by atoms with Gasteiger partial charge < -0.3 is 5.32 Å². The second kappa shape index (κ2) is 5.74. The van der Waals surface area contributed by atoms with Gasteiger partial charge in [0, 0.05) is 0 Å². The quantitative estimate of drug-likeness (QED) is 0.827. The predicted molar refractivity (Wildman–Crippen MR) is 85.9 cm³/mol. The van der Waals surface area contributed by atoms with E-state index >= 15 is 0 Å². The molecule has 2 aliphatic rings. The molecule has 3 rings (SSSR count). The van der Waals surface area contributed by atoms with Crippen molar-refractivity contribution in [3.8, 4) is 0 Å². The molecule has 1 unspecified atom stereocenters. The first-order chi connectivity index (χ1) is 10.4. The molecule has 1 spiro atoms. The molecule has 2 atom stereocenters. The Kier molecular flexibility index (Phi) is 4.08. The molecule has 6 heteroatoms. The molecule has 3 amide bonds. The minimum Gasteiger partial charge on any atom is -0.323 e. The second-order valence-electron chi connectivity index (χ2n) is 6.19. The summed E-state index contributed by atoms with van der Waals surface area (Å²) in [6.07, 6.45) is 3.76. The first kappa shape index (κ1) is 15.6. The highest BCUT2D eigenvalue weighted by atomic mass is 35.5. The molecule has 1 saturated carbocycles. The highest BCUT2D eigenvalue weighted by Crippen LogP contribution is 2.38. The van der Waals surface area contributed by atoms with Crippen molar-refractivity contribution < 1.29 is 9.59 Å². The van der Waals surface area contributed by atoms with E-state index in [0.717, 1.165) is 31.2 Å². The van der Waals surface area contributed by atoms with Crippen LogP contribution in [0.4, 0.5) is 4.79 Å². The number of carbonyl (C=O) groups excluding carboxylic acids is 2. The lowest BCUT2D eigenvalue weighted by molar-refractivity contribution is -0.134. The largest absolute Gasteiger partial charge is 0.325 e. The third kappa shape index (κ3) is 2.48. The lowest BCUT2D eigenvalue weighted by Gasteiger charge is -2.36. The normalized spacial score (nSPS) is 28.3. The Balaban J connectivity index is 1.84. The van der Waals surface area contributed by atoms with Crippen LogP contribution in [-0.4, -0.2) is 22.4 Å². The maximum absolute atomic E-state index is 12.8. The number of nitrogens with one attached hydrogen (secondary N) is 1. The zero-order chi connectivity index (χ0) is 15.9. The predicted octanol–water partition coefficient (Wildman–Crippen LogP) is 3.99. The summed E-state index contributed by atoms with van der Waals surface area (Å²) in [5.41, 5.74) is 0.0735. The van der Waals surface area contributed by atoms with Crippen LogP contribution in [0.15, 0.2) is 18.2 Å². The van der Waals surface area contributed by atoms with Crippen LogP contribution in [0.25, 0.3) is 0 Å². The monoisotopic (exact) mass is 340 g/mol. The van der Waals surface area contributed by atoms with E-state index < -0.39 is 5.54 Å². The van der Waals surface area contributed by atoms with Crippen molar-refractivity contribution in [3.05, 3.63) is 33.8 Å². The van der Waals surface area contributed by atoms with Crippen molar-refractivity contribution in [1.29, 1.82) is 0 Å². The summed E-state index contributed by atoms with van der Waals surface area (Å²) in [7, 11) is 0. The summed E-state index contributed by atoms with van der Waals surface area (Å²) >= 11 is 11.9. The van der Waals surface area contributed by atoms with Crippen LogP contribution in [0.2, 0.25) is 10.0 Å². The number of hydrogen-bond acceptors (Lipinski definition) is 2. The SMILES string of the molecule is CC1CCCC[C@@]12NC(=O)N(Cc1ccc(Cl)c(Cl)c1)C2=O. The van der Waals surface area contributed by atoms with Crippen LogP contribution in [0.5, 0.6) is 0 Å². The fourth-order valence-electron chi connectivity index (χ4n) is 3.46. The zero-order valence-corrected chi connectivity index (χ0v) is 13.9. The molecule has 4 nitrogen and oxygen atoms in total. The van der Waals surface area contributed by atoms with Crippen LogP contribution in [0, 0.1) is 5.92 Å². The van der Waals surface area contributed by atoms with Crippen LogP contribution in [0.1, 0.15) is 38.2 Å². The molecule has 1 aliphatic heterocycles. The van der Waals surface area contributed by atoms with Crippen molar-refractivity contribution in [3.63, 3.8) is 0 Å². The first-order valence-electron chi connectivity index (χ1n) is 7.52. The van der Waals surface area contributed by atoms with Gasteiger partial charge in [-0.15, -0.1) is 0 Å². The number of rotatable bonds is 2. The topological polar surface area (TPSA) is 49.4 Å². The maximum Gasteiger partial charge on any atom is 0.325 e. The van der Waals surface area contributed by atoms with E-state index in [2.05, 4.69) is 5.32 Å². The number of halogens is 2. The molecule has 2 fully saturated rings. The molecule has 1 aliphatic carbocycles. The van der Waals surface area contributed by atoms with E-state index in [4.69, 9.17) is 23.2 Å². The van der Waals surface area contributed by atoms with Gasteiger partial charge in [0.1, 0.15) is 5.54 Å². The van der Waals surface area contributed by atoms with Crippen LogP contribution in [0.3, 0.4) is 0 Å². The first-order valence-corrected chi connectivity index (χ1v) is 8.27. The maximum atomic E-state index is 12.8.